The van der Waals surface area contributed by atoms with E-state index in [0.29, 0.717) is 6.42 Å². The third-order valence-corrected chi connectivity index (χ3v) is 8.14. The van der Waals surface area contributed by atoms with Gasteiger partial charge in [-0.1, -0.05) is 132 Å². The SMILES string of the molecule is CCCCCCCCCCCCC(O)C(=O)N[C@H]1[C@@H](OCc2ccccc2)O[C@@H]2COC(c3ccccc3)O[C@H]2[C@@H]1O. The molecule has 0 spiro atoms. The van der Waals surface area contributed by atoms with Crippen LogP contribution in [0.3, 0.4) is 0 Å². The summed E-state index contributed by atoms with van der Waals surface area (Å²) in [6.45, 7) is 2.67. The highest BCUT2D eigenvalue weighted by Gasteiger charge is 2.50. The summed E-state index contributed by atoms with van der Waals surface area (Å²) in [6.07, 6.45) is 6.94. The smallest absolute Gasteiger partial charge is 0.249 e. The van der Waals surface area contributed by atoms with Gasteiger partial charge in [-0.3, -0.25) is 4.79 Å². The number of ether oxygens (including phenoxy) is 4. The molecule has 2 saturated heterocycles. The molecular weight excluding hydrogens is 534 g/mol. The van der Waals surface area contributed by atoms with Crippen molar-refractivity contribution in [2.45, 2.75) is 127 Å². The Morgan fingerprint density at radius 3 is 2.19 bits per heavy atom. The highest BCUT2D eigenvalue weighted by atomic mass is 16.7. The molecule has 2 aromatic carbocycles. The van der Waals surface area contributed by atoms with E-state index in [1.807, 2.05) is 60.7 Å². The first kappa shape index (κ1) is 32.6. The minimum absolute atomic E-state index is 0.203. The Hall–Kier alpha value is -2.33. The van der Waals surface area contributed by atoms with Crippen molar-refractivity contribution in [3.63, 3.8) is 0 Å². The van der Waals surface area contributed by atoms with Gasteiger partial charge in [-0.2, -0.15) is 0 Å². The molecule has 2 fully saturated rings. The van der Waals surface area contributed by atoms with E-state index in [-0.39, 0.29) is 13.2 Å². The van der Waals surface area contributed by atoms with E-state index >= 15 is 0 Å². The van der Waals surface area contributed by atoms with Gasteiger partial charge in [0, 0.05) is 5.56 Å². The minimum atomic E-state index is -1.17. The zero-order valence-corrected chi connectivity index (χ0v) is 24.9. The van der Waals surface area contributed by atoms with Crippen molar-refractivity contribution in [1.29, 1.82) is 0 Å². The molecule has 4 rings (SSSR count). The summed E-state index contributed by atoms with van der Waals surface area (Å²) in [5.41, 5.74) is 1.77. The second-order valence-electron chi connectivity index (χ2n) is 11.5. The number of nitrogens with one attached hydrogen (secondary N) is 1. The summed E-state index contributed by atoms with van der Waals surface area (Å²) < 4.78 is 24.3. The van der Waals surface area contributed by atoms with Crippen LogP contribution in [0.5, 0.6) is 0 Å². The van der Waals surface area contributed by atoms with E-state index < -0.39 is 48.9 Å². The average molecular weight is 584 g/mol. The van der Waals surface area contributed by atoms with E-state index in [2.05, 4.69) is 12.2 Å². The first-order valence-corrected chi connectivity index (χ1v) is 15.9. The molecule has 0 bridgehead atoms. The Kier molecular flexibility index (Phi) is 13.7. The van der Waals surface area contributed by atoms with Crippen LogP contribution in [0, 0.1) is 0 Å². The number of hydrogen-bond acceptors (Lipinski definition) is 7. The van der Waals surface area contributed by atoms with E-state index in [1.165, 1.54) is 44.9 Å². The van der Waals surface area contributed by atoms with Crippen molar-refractivity contribution < 1.29 is 34.0 Å². The normalized spacial score (nSPS) is 26.4. The number of fused-ring (bicyclic) bond motifs is 1. The summed E-state index contributed by atoms with van der Waals surface area (Å²) in [6, 6.07) is 18.2. The van der Waals surface area contributed by atoms with Crippen LogP contribution >= 0.6 is 0 Å². The number of aliphatic hydroxyl groups excluding tert-OH is 2. The molecule has 42 heavy (non-hydrogen) atoms. The van der Waals surface area contributed by atoms with E-state index in [0.717, 1.165) is 30.4 Å². The van der Waals surface area contributed by atoms with Gasteiger partial charge in [0.2, 0.25) is 5.91 Å². The fourth-order valence-corrected chi connectivity index (χ4v) is 5.64. The lowest BCUT2D eigenvalue weighted by Gasteiger charge is -2.48. The summed E-state index contributed by atoms with van der Waals surface area (Å²) in [7, 11) is 0. The van der Waals surface area contributed by atoms with Crippen LogP contribution in [0.15, 0.2) is 60.7 Å². The Balaban J connectivity index is 1.30. The summed E-state index contributed by atoms with van der Waals surface area (Å²) >= 11 is 0. The molecule has 2 unspecified atom stereocenters. The van der Waals surface area contributed by atoms with Gasteiger partial charge in [-0.15, -0.1) is 0 Å². The van der Waals surface area contributed by atoms with Gasteiger partial charge in [0.15, 0.2) is 12.6 Å². The van der Waals surface area contributed by atoms with Gasteiger partial charge >= 0.3 is 0 Å². The number of hydrogen-bond donors (Lipinski definition) is 3. The summed E-state index contributed by atoms with van der Waals surface area (Å²) in [5, 5.41) is 24.9. The first-order chi connectivity index (χ1) is 20.6. The topological polar surface area (TPSA) is 106 Å². The van der Waals surface area contributed by atoms with Gasteiger partial charge in [-0.05, 0) is 12.0 Å². The molecule has 7 atom stereocenters. The molecule has 2 aliphatic heterocycles. The highest BCUT2D eigenvalue weighted by Crippen LogP contribution is 2.34. The summed E-state index contributed by atoms with van der Waals surface area (Å²) in [4.78, 5) is 13.1. The maximum absolute atomic E-state index is 13.1. The molecule has 0 saturated carbocycles. The van der Waals surface area contributed by atoms with E-state index in [1.54, 1.807) is 0 Å². The molecular formula is C34H49NO7. The molecule has 0 aliphatic carbocycles. The van der Waals surface area contributed by atoms with E-state index in [4.69, 9.17) is 18.9 Å². The lowest BCUT2D eigenvalue weighted by Crippen LogP contribution is -2.67. The van der Waals surface area contributed by atoms with Crippen LogP contribution in [0.25, 0.3) is 0 Å². The number of benzene rings is 2. The fraction of sp³-hybridized carbons (Fsp3) is 0.618. The maximum Gasteiger partial charge on any atom is 0.249 e. The number of amides is 1. The van der Waals surface area contributed by atoms with Gasteiger partial charge in [0.25, 0.3) is 0 Å². The zero-order chi connectivity index (χ0) is 29.6. The number of carbonyl (C=O) groups is 1. The van der Waals surface area contributed by atoms with Crippen LogP contribution < -0.4 is 5.32 Å². The molecule has 0 aromatic heterocycles. The fourth-order valence-electron chi connectivity index (χ4n) is 5.64. The molecule has 8 heteroatoms. The molecule has 232 valence electrons. The zero-order valence-electron chi connectivity index (χ0n) is 24.9. The Morgan fingerprint density at radius 2 is 1.52 bits per heavy atom. The highest BCUT2D eigenvalue weighted by molar-refractivity contribution is 5.80. The number of rotatable bonds is 17. The molecule has 2 aromatic rings. The van der Waals surface area contributed by atoms with Crippen LogP contribution in [0.1, 0.15) is 95.0 Å². The van der Waals surface area contributed by atoms with Crippen LogP contribution in [-0.2, 0) is 30.3 Å². The average Bonchev–Trinajstić information content (AvgIpc) is 3.03. The van der Waals surface area contributed by atoms with Crippen molar-refractivity contribution in [1.82, 2.24) is 5.32 Å². The minimum Gasteiger partial charge on any atom is -0.388 e. The lowest BCUT2D eigenvalue weighted by atomic mass is 9.95. The van der Waals surface area contributed by atoms with Crippen LogP contribution in [0.4, 0.5) is 0 Å². The number of unbranched alkanes of at least 4 members (excludes halogenated alkanes) is 9. The maximum atomic E-state index is 13.1. The third-order valence-electron chi connectivity index (χ3n) is 8.14. The van der Waals surface area contributed by atoms with Crippen LogP contribution in [-0.4, -0.2) is 59.5 Å². The second-order valence-corrected chi connectivity index (χ2v) is 11.5. The van der Waals surface area contributed by atoms with Crippen molar-refractivity contribution in [3.8, 4) is 0 Å². The standard InChI is InChI=1S/C34H49NO7/c1-2-3-4-5-6-7-8-9-10-17-22-27(36)32(38)35-29-30(37)31-28(24-40-33(42-31)26-20-15-12-16-21-26)41-34(29)39-23-25-18-13-11-14-19-25/h11-16,18-21,27-31,33-34,36-37H,2-10,17,22-24H2,1H3,(H,35,38)/t27?,28-,29-,30-,31-,33?,34+/m1/s1. The predicted octanol–water partition coefficient (Wildman–Crippen LogP) is 5.56. The van der Waals surface area contributed by atoms with Crippen molar-refractivity contribution in [3.05, 3.63) is 71.8 Å². The Bertz CT molecular complexity index is 1020. The quantitative estimate of drug-likeness (QED) is 0.209. The Labute approximate surface area is 250 Å². The predicted molar refractivity (Wildman–Crippen MR) is 160 cm³/mol. The third kappa shape index (κ3) is 9.86. The molecule has 1 amide bonds. The lowest BCUT2D eigenvalue weighted by molar-refractivity contribution is -0.345. The number of carbonyl (C=O) groups excluding carboxylic acids is 1. The molecule has 8 nitrogen and oxygen atoms in total. The van der Waals surface area contributed by atoms with Gasteiger partial charge in [0.05, 0.1) is 13.2 Å². The van der Waals surface area contributed by atoms with Gasteiger partial charge < -0.3 is 34.5 Å². The van der Waals surface area contributed by atoms with E-state index in [9.17, 15) is 15.0 Å². The molecule has 3 N–H and O–H groups in total. The molecule has 2 aliphatic rings. The van der Waals surface area contributed by atoms with Gasteiger partial charge in [0.1, 0.15) is 30.5 Å². The van der Waals surface area contributed by atoms with Gasteiger partial charge in [-0.25, -0.2) is 0 Å². The van der Waals surface area contributed by atoms with Crippen molar-refractivity contribution in [2.24, 2.45) is 0 Å². The second kappa shape index (κ2) is 17.7. The molecule has 0 radical (unpaired) electrons. The van der Waals surface area contributed by atoms with Crippen molar-refractivity contribution in [2.75, 3.05) is 6.61 Å². The number of aliphatic hydroxyl groups is 2. The monoisotopic (exact) mass is 583 g/mol. The van der Waals surface area contributed by atoms with Crippen LogP contribution in [0.2, 0.25) is 0 Å². The van der Waals surface area contributed by atoms with Crippen molar-refractivity contribution >= 4 is 5.91 Å². The molecule has 2 heterocycles. The first-order valence-electron chi connectivity index (χ1n) is 15.9. The summed E-state index contributed by atoms with van der Waals surface area (Å²) in [5.74, 6) is -0.544. The largest absolute Gasteiger partial charge is 0.388 e. The Morgan fingerprint density at radius 1 is 0.905 bits per heavy atom.